The Balaban J connectivity index is 1.30. The van der Waals surface area contributed by atoms with Crippen molar-refractivity contribution in [3.63, 3.8) is 0 Å². The predicted molar refractivity (Wildman–Crippen MR) is 262 cm³/mol. The number of aliphatic hydroxyl groups excluding tert-OH is 3. The molecule has 1 amide bonds. The van der Waals surface area contributed by atoms with Crippen LogP contribution in [0.25, 0.3) is 0 Å². The summed E-state index contributed by atoms with van der Waals surface area (Å²) in [7, 11) is 0. The number of amides is 1. The van der Waals surface area contributed by atoms with Crippen LogP contribution in [-0.4, -0.2) is 110 Å². The number of nitrogens with one attached hydrogen (secondary N) is 1. The first-order chi connectivity index (χ1) is 32.0. The topological polar surface area (TPSA) is 201 Å². The van der Waals surface area contributed by atoms with Crippen molar-refractivity contribution in [1.29, 1.82) is 0 Å². The average molecular weight is 956 g/mol. The number of ketones is 1. The molecule has 12 atom stereocenters. The van der Waals surface area contributed by atoms with Gasteiger partial charge in [-0.05, 0) is 64.7 Å². The lowest BCUT2D eigenvalue weighted by Crippen LogP contribution is -2.80. The van der Waals surface area contributed by atoms with Gasteiger partial charge in [-0.3, -0.25) is 4.79 Å². The molecule has 386 valence electrons. The van der Waals surface area contributed by atoms with E-state index in [4.69, 9.17) is 18.9 Å². The Labute approximate surface area is 407 Å². The zero-order valence-corrected chi connectivity index (χ0v) is 43.0. The summed E-state index contributed by atoms with van der Waals surface area (Å²) in [6, 6.07) is 7.82. The van der Waals surface area contributed by atoms with Crippen LogP contribution in [0.1, 0.15) is 202 Å². The number of ether oxygens (including phenoxy) is 4. The first kappa shape index (κ1) is 56.0. The number of aliphatic hydroxyl groups is 5. The number of benzene rings is 1. The normalized spacial score (nSPS) is 31.3. The summed E-state index contributed by atoms with van der Waals surface area (Å²) in [6.07, 6.45) is 11.6. The van der Waals surface area contributed by atoms with Gasteiger partial charge in [-0.25, -0.2) is 9.59 Å². The molecular formula is C55H89NO12. The molecule has 13 heteroatoms. The number of Topliss-reactive ketones (excluding diaryl/α,β-unsaturated/α-hetero) is 1. The molecule has 1 saturated heterocycles. The van der Waals surface area contributed by atoms with Crippen LogP contribution in [0.4, 0.5) is 4.79 Å². The molecule has 5 rings (SSSR count). The van der Waals surface area contributed by atoms with Crippen LogP contribution >= 0.6 is 0 Å². The van der Waals surface area contributed by atoms with Gasteiger partial charge in [-0.2, -0.15) is 0 Å². The van der Waals surface area contributed by atoms with E-state index in [9.17, 15) is 39.9 Å². The highest BCUT2D eigenvalue weighted by Crippen LogP contribution is 2.62. The predicted octanol–water partition coefficient (Wildman–Crippen LogP) is 9.28. The van der Waals surface area contributed by atoms with Gasteiger partial charge in [-0.1, -0.05) is 160 Å². The van der Waals surface area contributed by atoms with Crippen LogP contribution in [-0.2, 0) is 28.5 Å². The van der Waals surface area contributed by atoms with Crippen molar-refractivity contribution in [3.05, 3.63) is 47.0 Å². The van der Waals surface area contributed by atoms with Crippen LogP contribution in [0.2, 0.25) is 0 Å². The highest BCUT2D eigenvalue weighted by atomic mass is 16.6. The lowest BCUT2D eigenvalue weighted by molar-refractivity contribution is -0.344. The monoisotopic (exact) mass is 956 g/mol. The maximum Gasteiger partial charge on any atom is 0.408 e. The molecule has 0 radical (unpaired) electrons. The second-order valence-corrected chi connectivity index (χ2v) is 22.6. The van der Waals surface area contributed by atoms with Crippen molar-refractivity contribution in [3.8, 4) is 0 Å². The molecule has 13 nitrogen and oxygen atoms in total. The first-order valence-electron chi connectivity index (χ1n) is 26.3. The van der Waals surface area contributed by atoms with Crippen LogP contribution in [0.5, 0.6) is 0 Å². The molecule has 2 bridgehead atoms. The summed E-state index contributed by atoms with van der Waals surface area (Å²) in [5.41, 5.74) is -7.33. The van der Waals surface area contributed by atoms with Crippen LogP contribution < -0.4 is 5.32 Å². The third-order valence-corrected chi connectivity index (χ3v) is 16.1. The standard InChI is InChI=1S/C55H89NO12/c1-10-11-12-13-14-15-16-17-18-19-20-21-22-23-24-25-27-30-36(2)66-45(43(38-31-28-26-29-32-38)56-50(62)68-51(4,5)6)49(61)67-39-34-55(64)48(60)46-53(9,40(57)33-41-54(46,63)35-65-41)47(59)44(58)42(37(39)3)52(55,7)8/h26,28-29,31-32,36,39-41,43-46,48,57-58,60,63-64H,10-25,27,30,33-35H2,1-9H3,(H,56,62)/t36?,39-,40-,41+,43-,44+,45+,46-,48-,53+,54-,55+/m0/s1. The lowest BCUT2D eigenvalue weighted by atomic mass is 9.45. The molecule has 68 heavy (non-hydrogen) atoms. The second-order valence-electron chi connectivity index (χ2n) is 22.6. The zero-order chi connectivity index (χ0) is 50.1. The number of hydrogen-bond donors (Lipinski definition) is 6. The number of unbranched alkanes of at least 4 members (excludes halogenated alkanes) is 16. The van der Waals surface area contributed by atoms with Crippen molar-refractivity contribution in [1.82, 2.24) is 5.32 Å². The van der Waals surface area contributed by atoms with Gasteiger partial charge in [0.25, 0.3) is 0 Å². The molecule has 4 aliphatic rings. The fourth-order valence-corrected chi connectivity index (χ4v) is 11.9. The highest BCUT2D eigenvalue weighted by Gasteiger charge is 2.75. The van der Waals surface area contributed by atoms with Crippen LogP contribution in [0.3, 0.4) is 0 Å². The Bertz CT molecular complexity index is 1830. The minimum atomic E-state index is -2.21. The Hall–Kier alpha value is -2.91. The summed E-state index contributed by atoms with van der Waals surface area (Å²) in [6.45, 7) is 15.4. The van der Waals surface area contributed by atoms with E-state index in [-0.39, 0.29) is 25.0 Å². The minimum Gasteiger partial charge on any atom is -0.456 e. The SMILES string of the molecule is CCCCCCCCCCCCCCCCCCCC(C)O[C@@H](C(=O)O[C@H]1C[C@@]2(O)[C@@H](O)[C@@H]3[C@]4(O)CO[C@@H]4C[C@H](O)[C@@]3(C)C(=O)[C@H](O)C(=C1C)C2(C)C)[C@@H](NC(=O)OC(C)(C)C)c1ccccc1. The molecule has 1 aromatic rings. The molecular weight excluding hydrogens is 867 g/mol. The third-order valence-electron chi connectivity index (χ3n) is 16.1. The number of hydrogen-bond acceptors (Lipinski definition) is 12. The van der Waals surface area contributed by atoms with Crippen LogP contribution in [0.15, 0.2) is 41.5 Å². The molecule has 1 aliphatic heterocycles. The number of esters is 1. The Morgan fingerprint density at radius 1 is 0.838 bits per heavy atom. The highest BCUT2D eigenvalue weighted by molar-refractivity contribution is 5.93. The minimum absolute atomic E-state index is 0.0510. The first-order valence-corrected chi connectivity index (χ1v) is 26.3. The van der Waals surface area contributed by atoms with Crippen molar-refractivity contribution >= 4 is 17.8 Å². The van der Waals surface area contributed by atoms with Gasteiger partial charge in [0, 0.05) is 24.2 Å². The molecule has 3 fully saturated rings. The maximum absolute atomic E-state index is 14.9. The summed E-state index contributed by atoms with van der Waals surface area (Å²) < 4.78 is 24.2. The number of alkyl carbamates (subject to hydrolysis) is 1. The van der Waals surface area contributed by atoms with E-state index >= 15 is 0 Å². The van der Waals surface area contributed by atoms with Gasteiger partial charge in [0.2, 0.25) is 0 Å². The summed E-state index contributed by atoms with van der Waals surface area (Å²) in [5.74, 6) is -3.16. The zero-order valence-electron chi connectivity index (χ0n) is 43.0. The maximum atomic E-state index is 14.9. The van der Waals surface area contributed by atoms with E-state index < -0.39 is 100 Å². The van der Waals surface area contributed by atoms with E-state index in [1.54, 1.807) is 65.8 Å². The van der Waals surface area contributed by atoms with Crippen molar-refractivity contribution in [2.75, 3.05) is 6.61 Å². The van der Waals surface area contributed by atoms with Gasteiger partial charge in [0.1, 0.15) is 29.0 Å². The van der Waals surface area contributed by atoms with Crippen LogP contribution in [0, 0.1) is 16.7 Å². The summed E-state index contributed by atoms with van der Waals surface area (Å²) in [5, 5.41) is 63.8. The Morgan fingerprint density at radius 2 is 1.37 bits per heavy atom. The second kappa shape index (κ2) is 24.0. The largest absolute Gasteiger partial charge is 0.456 e. The van der Waals surface area contributed by atoms with Crippen molar-refractivity contribution < 1.29 is 58.9 Å². The third kappa shape index (κ3) is 12.6. The van der Waals surface area contributed by atoms with E-state index in [2.05, 4.69) is 12.2 Å². The number of carbonyl (C=O) groups excluding carboxylic acids is 3. The molecule has 3 aliphatic carbocycles. The van der Waals surface area contributed by atoms with E-state index in [1.807, 2.05) is 13.0 Å². The summed E-state index contributed by atoms with van der Waals surface area (Å²) >= 11 is 0. The van der Waals surface area contributed by atoms with Gasteiger partial charge < -0.3 is 49.8 Å². The van der Waals surface area contributed by atoms with Gasteiger partial charge >= 0.3 is 12.1 Å². The smallest absolute Gasteiger partial charge is 0.408 e. The molecule has 0 spiro atoms. The number of carbonyl (C=O) groups is 3. The number of rotatable bonds is 25. The average Bonchev–Trinajstić information content (AvgIpc) is 3.27. The molecule has 2 saturated carbocycles. The van der Waals surface area contributed by atoms with Crippen molar-refractivity contribution in [2.45, 2.75) is 256 Å². The lowest BCUT2D eigenvalue weighted by Gasteiger charge is -2.66. The molecule has 1 heterocycles. The molecule has 1 aromatic carbocycles. The quantitative estimate of drug-likeness (QED) is 0.0309. The fraction of sp³-hybridized carbons (Fsp3) is 0.800. The molecule has 0 aromatic heterocycles. The van der Waals surface area contributed by atoms with E-state index in [1.165, 1.54) is 96.8 Å². The van der Waals surface area contributed by atoms with E-state index in [0.29, 0.717) is 17.6 Å². The molecule has 1 unspecified atom stereocenters. The van der Waals surface area contributed by atoms with Gasteiger partial charge in [0.15, 0.2) is 11.9 Å². The molecule has 6 N–H and O–H groups in total. The van der Waals surface area contributed by atoms with Gasteiger partial charge in [0.05, 0.1) is 42.5 Å². The Morgan fingerprint density at radius 3 is 1.87 bits per heavy atom. The Kier molecular flexibility index (Phi) is 19.8. The van der Waals surface area contributed by atoms with Crippen molar-refractivity contribution in [2.24, 2.45) is 16.7 Å². The van der Waals surface area contributed by atoms with E-state index in [0.717, 1.165) is 19.3 Å². The summed E-state index contributed by atoms with van der Waals surface area (Å²) in [4.78, 5) is 43.0. The fourth-order valence-electron chi connectivity index (χ4n) is 11.9. The van der Waals surface area contributed by atoms with Gasteiger partial charge in [-0.15, -0.1) is 0 Å². The number of fused-ring (bicyclic) bond motifs is 5.